The predicted octanol–water partition coefficient (Wildman–Crippen LogP) is 4.32. The van der Waals surface area contributed by atoms with Crippen molar-refractivity contribution in [2.75, 3.05) is 7.11 Å². The number of hydrogen-bond donors (Lipinski definition) is 2. The van der Waals surface area contributed by atoms with Crippen LogP contribution in [0.25, 0.3) is 22.4 Å². The van der Waals surface area contributed by atoms with E-state index in [4.69, 9.17) is 32.7 Å². The molecule has 158 valence electrons. The van der Waals surface area contributed by atoms with Gasteiger partial charge >= 0.3 is 6.09 Å². The highest BCUT2D eigenvalue weighted by atomic mass is 35.5. The molecule has 0 radical (unpaired) electrons. The summed E-state index contributed by atoms with van der Waals surface area (Å²) in [6.07, 6.45) is 2.68. The van der Waals surface area contributed by atoms with Crippen LogP contribution in [0.1, 0.15) is 17.0 Å². The molecule has 2 N–H and O–H groups in total. The molecule has 0 spiro atoms. The normalized spacial score (nSPS) is 12.9. The molecule has 0 unspecified atom stereocenters. The number of aromatic nitrogens is 5. The number of halogens is 2. The van der Waals surface area contributed by atoms with Crippen molar-refractivity contribution in [3.63, 3.8) is 0 Å². The van der Waals surface area contributed by atoms with E-state index in [9.17, 15) is 4.79 Å². The maximum absolute atomic E-state index is 11.7. The van der Waals surface area contributed by atoms with E-state index in [-0.39, 0.29) is 12.7 Å². The van der Waals surface area contributed by atoms with E-state index in [0.29, 0.717) is 46.0 Å². The van der Waals surface area contributed by atoms with E-state index >= 15 is 0 Å². The maximum Gasteiger partial charge on any atom is 0.410 e. The van der Waals surface area contributed by atoms with Crippen LogP contribution in [0.3, 0.4) is 0 Å². The zero-order valence-corrected chi connectivity index (χ0v) is 17.8. The van der Waals surface area contributed by atoms with Gasteiger partial charge in [0.15, 0.2) is 5.82 Å². The van der Waals surface area contributed by atoms with Crippen molar-refractivity contribution in [3.05, 3.63) is 57.6 Å². The van der Waals surface area contributed by atoms with Gasteiger partial charge in [0.25, 0.3) is 0 Å². The van der Waals surface area contributed by atoms with E-state index in [1.165, 1.54) is 19.5 Å². The van der Waals surface area contributed by atoms with Gasteiger partial charge in [-0.15, -0.1) is 0 Å². The molecule has 0 atom stereocenters. The summed E-state index contributed by atoms with van der Waals surface area (Å²) in [5, 5.41) is 9.16. The molecule has 1 aromatic carbocycles. The highest BCUT2D eigenvalue weighted by Crippen LogP contribution is 2.31. The second-order valence-electron chi connectivity index (χ2n) is 6.99. The molecular weight excluding hydrogens is 443 g/mol. The first kappa shape index (κ1) is 19.7. The van der Waals surface area contributed by atoms with Gasteiger partial charge in [-0.25, -0.2) is 9.78 Å². The summed E-state index contributed by atoms with van der Waals surface area (Å²) in [5.74, 6) is 1.26. The van der Waals surface area contributed by atoms with Crippen LogP contribution in [0.15, 0.2) is 30.6 Å². The number of imidazole rings is 1. The van der Waals surface area contributed by atoms with Crippen molar-refractivity contribution >= 4 is 40.2 Å². The van der Waals surface area contributed by atoms with Gasteiger partial charge in [0.05, 0.1) is 47.1 Å². The van der Waals surface area contributed by atoms with Crippen LogP contribution in [0.4, 0.5) is 4.79 Å². The lowest BCUT2D eigenvalue weighted by Gasteiger charge is -2.12. The number of nitrogens with zero attached hydrogens (tertiary/aromatic N) is 4. The molecule has 1 amide bonds. The maximum atomic E-state index is 11.7. The smallest absolute Gasteiger partial charge is 0.410 e. The van der Waals surface area contributed by atoms with E-state index in [1.54, 1.807) is 4.90 Å². The zero-order valence-electron chi connectivity index (χ0n) is 16.3. The van der Waals surface area contributed by atoms with Crippen LogP contribution in [0.5, 0.6) is 5.75 Å². The zero-order chi connectivity index (χ0) is 21.5. The molecule has 0 bridgehead atoms. The Kier molecular flexibility index (Phi) is 4.91. The molecule has 1 aliphatic heterocycles. The first-order valence-electron chi connectivity index (χ1n) is 9.33. The van der Waals surface area contributed by atoms with Gasteiger partial charge in [-0.05, 0) is 18.2 Å². The van der Waals surface area contributed by atoms with Gasteiger partial charge in [-0.2, -0.15) is 5.10 Å². The van der Waals surface area contributed by atoms with Crippen LogP contribution in [-0.4, -0.2) is 43.3 Å². The number of aromatic amines is 2. The van der Waals surface area contributed by atoms with Gasteiger partial charge in [0.2, 0.25) is 0 Å². The summed E-state index contributed by atoms with van der Waals surface area (Å²) in [7, 11) is 1.36. The predicted molar refractivity (Wildman–Crippen MR) is 114 cm³/mol. The topological polar surface area (TPSA) is 109 Å². The second-order valence-corrected chi connectivity index (χ2v) is 7.80. The number of carbonyl (C=O) groups excluding carboxylic acids is 1. The Balaban J connectivity index is 1.40. The second kappa shape index (κ2) is 7.75. The van der Waals surface area contributed by atoms with Gasteiger partial charge in [0.1, 0.15) is 18.1 Å². The summed E-state index contributed by atoms with van der Waals surface area (Å²) < 4.78 is 10.7. The molecule has 5 rings (SSSR count). The Labute approximate surface area is 186 Å². The number of rotatable bonds is 4. The number of methoxy groups -OCH3 is 1. The van der Waals surface area contributed by atoms with Crippen molar-refractivity contribution in [1.82, 2.24) is 30.0 Å². The molecule has 0 aliphatic carbocycles. The number of hydrogen-bond acceptors (Lipinski definition) is 6. The SMILES string of the molecule is COC(=O)N1Cc2nc(-c3n[nH]c4ccc(OCc5c(Cl)cncc5Cl)cc34)[nH]c2C1. The Bertz CT molecular complexity index is 1260. The number of fused-ring (bicyclic) bond motifs is 2. The van der Waals surface area contributed by atoms with Gasteiger partial charge in [-0.3, -0.25) is 15.0 Å². The quantitative estimate of drug-likeness (QED) is 0.471. The van der Waals surface area contributed by atoms with E-state index in [2.05, 4.69) is 25.1 Å². The van der Waals surface area contributed by atoms with Crippen LogP contribution in [0, 0.1) is 0 Å². The molecule has 4 aromatic rings. The molecule has 3 aromatic heterocycles. The third-order valence-corrected chi connectivity index (χ3v) is 5.73. The highest BCUT2D eigenvalue weighted by Gasteiger charge is 2.28. The first-order valence-corrected chi connectivity index (χ1v) is 10.1. The third kappa shape index (κ3) is 3.55. The molecule has 1 aliphatic rings. The standard InChI is InChI=1S/C20H16Cl2N6O3/c1-30-20(29)28-7-16-17(8-28)25-19(24-16)18-11-4-10(2-3-15(11)26-27-18)31-9-12-13(21)5-23-6-14(12)22/h2-6H,7-9H2,1H3,(H,24,25)(H,26,27). The lowest BCUT2D eigenvalue weighted by atomic mass is 10.2. The Morgan fingerprint density at radius 2 is 2.03 bits per heavy atom. The van der Waals surface area contributed by atoms with Crippen molar-refractivity contribution in [2.24, 2.45) is 0 Å². The number of H-pyrrole nitrogens is 2. The van der Waals surface area contributed by atoms with E-state index < -0.39 is 0 Å². The summed E-state index contributed by atoms with van der Waals surface area (Å²) in [6, 6.07) is 5.60. The lowest BCUT2D eigenvalue weighted by Crippen LogP contribution is -2.25. The van der Waals surface area contributed by atoms with Gasteiger partial charge in [0, 0.05) is 23.3 Å². The Morgan fingerprint density at radius 1 is 1.23 bits per heavy atom. The minimum absolute atomic E-state index is 0.206. The number of benzene rings is 1. The number of ether oxygens (including phenoxy) is 2. The summed E-state index contributed by atoms with van der Waals surface area (Å²) in [6.45, 7) is 1.01. The fourth-order valence-corrected chi connectivity index (χ4v) is 3.97. The summed E-state index contributed by atoms with van der Waals surface area (Å²) >= 11 is 12.3. The molecular formula is C20H16Cl2N6O3. The highest BCUT2D eigenvalue weighted by molar-refractivity contribution is 6.35. The minimum Gasteiger partial charge on any atom is -0.489 e. The fraction of sp³-hybridized carbons (Fsp3) is 0.200. The third-order valence-electron chi connectivity index (χ3n) is 5.08. The van der Waals surface area contributed by atoms with Crippen molar-refractivity contribution in [2.45, 2.75) is 19.7 Å². The first-order chi connectivity index (χ1) is 15.0. The minimum atomic E-state index is -0.380. The summed E-state index contributed by atoms with van der Waals surface area (Å²) in [4.78, 5) is 25.1. The van der Waals surface area contributed by atoms with Crippen LogP contribution in [-0.2, 0) is 24.4 Å². The molecule has 0 saturated heterocycles. The van der Waals surface area contributed by atoms with Gasteiger partial charge in [-0.1, -0.05) is 23.2 Å². The fourth-order valence-electron chi connectivity index (χ4n) is 3.50. The van der Waals surface area contributed by atoms with Crippen LogP contribution >= 0.6 is 23.2 Å². The van der Waals surface area contributed by atoms with Crippen molar-refractivity contribution in [1.29, 1.82) is 0 Å². The van der Waals surface area contributed by atoms with Gasteiger partial charge < -0.3 is 14.5 Å². The lowest BCUT2D eigenvalue weighted by molar-refractivity contribution is 0.122. The number of nitrogens with one attached hydrogen (secondary N) is 2. The number of carbonyl (C=O) groups is 1. The molecule has 0 saturated carbocycles. The molecule has 31 heavy (non-hydrogen) atoms. The van der Waals surface area contributed by atoms with E-state index in [0.717, 1.165) is 22.3 Å². The average Bonchev–Trinajstić information content (AvgIpc) is 3.45. The molecule has 0 fully saturated rings. The largest absolute Gasteiger partial charge is 0.489 e. The van der Waals surface area contributed by atoms with Crippen molar-refractivity contribution < 1.29 is 14.3 Å². The van der Waals surface area contributed by atoms with Crippen molar-refractivity contribution in [3.8, 4) is 17.3 Å². The summed E-state index contributed by atoms with van der Waals surface area (Å²) in [5.41, 5.74) is 3.84. The van der Waals surface area contributed by atoms with Crippen LogP contribution in [0.2, 0.25) is 10.0 Å². The number of pyridine rings is 1. The number of amides is 1. The average molecular weight is 459 g/mol. The Morgan fingerprint density at radius 3 is 2.77 bits per heavy atom. The molecule has 11 heteroatoms. The Hall–Kier alpha value is -3.30. The monoisotopic (exact) mass is 458 g/mol. The van der Waals surface area contributed by atoms with Crippen LogP contribution < -0.4 is 4.74 Å². The van der Waals surface area contributed by atoms with E-state index in [1.807, 2.05) is 18.2 Å². The molecule has 9 nitrogen and oxygen atoms in total. The molecule has 4 heterocycles.